The Bertz CT molecular complexity index is 276. The molecular weight excluding hydrogens is 196 g/mol. The number of nitrogens with one attached hydrogen (secondary N) is 1. The van der Waals surface area contributed by atoms with Crippen LogP contribution in [0.1, 0.15) is 6.92 Å². The maximum Gasteiger partial charge on any atom is 0.0426 e. The van der Waals surface area contributed by atoms with Gasteiger partial charge >= 0.3 is 0 Å². The highest BCUT2D eigenvalue weighted by atomic mass is 35.5. The fraction of sp³-hybridized carbons (Fsp3) is 0.455. The van der Waals surface area contributed by atoms with E-state index in [0.717, 1.165) is 30.3 Å². The van der Waals surface area contributed by atoms with Crippen LogP contribution in [0.15, 0.2) is 24.3 Å². The first-order valence-electron chi connectivity index (χ1n) is 4.90. The molecule has 0 saturated heterocycles. The number of benzene rings is 1. The number of nitrogens with zero attached hydrogens (tertiary/aromatic N) is 1. The largest absolute Gasteiger partial charge is 0.384 e. The molecule has 1 aromatic carbocycles. The first kappa shape index (κ1) is 11.3. The molecule has 0 aliphatic rings. The predicted molar refractivity (Wildman–Crippen MR) is 63.1 cm³/mol. The molecule has 0 aliphatic heterocycles. The Morgan fingerprint density at radius 1 is 1.43 bits per heavy atom. The highest BCUT2D eigenvalue weighted by Gasteiger charge is 1.95. The van der Waals surface area contributed by atoms with Gasteiger partial charge in [-0.1, -0.05) is 24.6 Å². The van der Waals surface area contributed by atoms with Gasteiger partial charge in [0, 0.05) is 23.8 Å². The second kappa shape index (κ2) is 5.89. The van der Waals surface area contributed by atoms with Gasteiger partial charge in [-0.25, -0.2) is 0 Å². The van der Waals surface area contributed by atoms with E-state index >= 15 is 0 Å². The van der Waals surface area contributed by atoms with Gasteiger partial charge in [-0.15, -0.1) is 0 Å². The van der Waals surface area contributed by atoms with Gasteiger partial charge in [0.15, 0.2) is 0 Å². The third-order valence-corrected chi connectivity index (χ3v) is 2.42. The van der Waals surface area contributed by atoms with E-state index < -0.39 is 0 Å². The molecule has 3 heteroatoms. The third kappa shape index (κ3) is 3.99. The van der Waals surface area contributed by atoms with Crippen molar-refractivity contribution in [3.05, 3.63) is 29.3 Å². The van der Waals surface area contributed by atoms with Crippen molar-refractivity contribution in [3.63, 3.8) is 0 Å². The SMILES string of the molecule is CCN(C)CCNc1cccc(Cl)c1. The highest BCUT2D eigenvalue weighted by Crippen LogP contribution is 2.14. The first-order chi connectivity index (χ1) is 6.72. The average Bonchev–Trinajstić information content (AvgIpc) is 2.17. The molecule has 0 unspecified atom stereocenters. The summed E-state index contributed by atoms with van der Waals surface area (Å²) in [5.41, 5.74) is 1.09. The monoisotopic (exact) mass is 212 g/mol. The molecule has 0 aliphatic carbocycles. The van der Waals surface area contributed by atoms with Crippen LogP contribution in [0, 0.1) is 0 Å². The van der Waals surface area contributed by atoms with Crippen LogP contribution in [0.3, 0.4) is 0 Å². The van der Waals surface area contributed by atoms with Crippen LogP contribution >= 0.6 is 11.6 Å². The summed E-state index contributed by atoms with van der Waals surface area (Å²) in [6.07, 6.45) is 0. The lowest BCUT2D eigenvalue weighted by molar-refractivity contribution is 0.367. The van der Waals surface area contributed by atoms with E-state index in [1.807, 2.05) is 24.3 Å². The summed E-state index contributed by atoms with van der Waals surface area (Å²) in [5, 5.41) is 4.10. The molecule has 0 bridgehead atoms. The van der Waals surface area contributed by atoms with Gasteiger partial charge in [-0.05, 0) is 31.8 Å². The minimum Gasteiger partial charge on any atom is -0.384 e. The summed E-state index contributed by atoms with van der Waals surface area (Å²) in [4.78, 5) is 2.26. The fourth-order valence-corrected chi connectivity index (χ4v) is 1.34. The number of anilines is 1. The van der Waals surface area contributed by atoms with Crippen LogP contribution in [0.5, 0.6) is 0 Å². The van der Waals surface area contributed by atoms with Crippen molar-refractivity contribution in [1.82, 2.24) is 4.90 Å². The van der Waals surface area contributed by atoms with Gasteiger partial charge < -0.3 is 10.2 Å². The maximum atomic E-state index is 5.86. The van der Waals surface area contributed by atoms with Crippen LogP contribution in [0.25, 0.3) is 0 Å². The number of likely N-dealkylation sites (N-methyl/N-ethyl adjacent to an activating group) is 1. The maximum absolute atomic E-state index is 5.86. The van der Waals surface area contributed by atoms with E-state index in [-0.39, 0.29) is 0 Å². The molecule has 0 spiro atoms. The Kier molecular flexibility index (Phi) is 4.77. The van der Waals surface area contributed by atoms with Gasteiger partial charge in [-0.3, -0.25) is 0 Å². The van der Waals surface area contributed by atoms with E-state index in [2.05, 4.69) is 24.2 Å². The number of rotatable bonds is 5. The summed E-state index contributed by atoms with van der Waals surface area (Å²) < 4.78 is 0. The van der Waals surface area contributed by atoms with Gasteiger partial charge in [0.2, 0.25) is 0 Å². The molecule has 0 atom stereocenters. The van der Waals surface area contributed by atoms with Crippen LogP contribution < -0.4 is 5.32 Å². The van der Waals surface area contributed by atoms with Crippen molar-refractivity contribution < 1.29 is 0 Å². The Balaban J connectivity index is 2.31. The van der Waals surface area contributed by atoms with Gasteiger partial charge in [0.05, 0.1) is 0 Å². The second-order valence-corrected chi connectivity index (χ2v) is 3.77. The van der Waals surface area contributed by atoms with E-state index in [4.69, 9.17) is 11.6 Å². The molecule has 0 fully saturated rings. The summed E-state index contributed by atoms with van der Waals surface area (Å²) in [6, 6.07) is 7.80. The molecule has 14 heavy (non-hydrogen) atoms. The molecule has 0 radical (unpaired) electrons. The minimum absolute atomic E-state index is 0.777. The van der Waals surface area contributed by atoms with Crippen LogP contribution in [0.2, 0.25) is 5.02 Å². The molecule has 1 rings (SSSR count). The summed E-state index contributed by atoms with van der Waals surface area (Å²) in [7, 11) is 2.11. The molecule has 78 valence electrons. The van der Waals surface area contributed by atoms with Gasteiger partial charge in [0.25, 0.3) is 0 Å². The Labute approximate surface area is 90.9 Å². The standard InChI is InChI=1S/C11H17ClN2/c1-3-14(2)8-7-13-11-6-4-5-10(12)9-11/h4-6,9,13H,3,7-8H2,1-2H3. The molecule has 0 amide bonds. The van der Waals surface area contributed by atoms with Crippen molar-refractivity contribution in [1.29, 1.82) is 0 Å². The van der Waals surface area contributed by atoms with Crippen LogP contribution in [-0.4, -0.2) is 31.6 Å². The molecule has 0 heterocycles. The van der Waals surface area contributed by atoms with Crippen molar-refractivity contribution in [2.24, 2.45) is 0 Å². The van der Waals surface area contributed by atoms with Crippen molar-refractivity contribution in [3.8, 4) is 0 Å². The lowest BCUT2D eigenvalue weighted by atomic mass is 10.3. The molecule has 0 saturated carbocycles. The summed E-state index contributed by atoms with van der Waals surface area (Å²) in [6.45, 7) is 5.23. The van der Waals surface area contributed by atoms with Crippen LogP contribution in [0.4, 0.5) is 5.69 Å². The van der Waals surface area contributed by atoms with Crippen LogP contribution in [-0.2, 0) is 0 Å². The topological polar surface area (TPSA) is 15.3 Å². The molecule has 1 N–H and O–H groups in total. The third-order valence-electron chi connectivity index (χ3n) is 2.19. The lowest BCUT2D eigenvalue weighted by Crippen LogP contribution is -2.24. The second-order valence-electron chi connectivity index (χ2n) is 3.33. The highest BCUT2D eigenvalue weighted by molar-refractivity contribution is 6.30. The fourth-order valence-electron chi connectivity index (χ4n) is 1.15. The molecule has 2 nitrogen and oxygen atoms in total. The normalized spacial score (nSPS) is 10.6. The zero-order valence-corrected chi connectivity index (χ0v) is 9.51. The minimum atomic E-state index is 0.777. The zero-order valence-electron chi connectivity index (χ0n) is 8.76. The quantitative estimate of drug-likeness (QED) is 0.808. The zero-order chi connectivity index (χ0) is 10.4. The van der Waals surface area contributed by atoms with Crippen molar-refractivity contribution in [2.45, 2.75) is 6.92 Å². The lowest BCUT2D eigenvalue weighted by Gasteiger charge is -2.14. The Morgan fingerprint density at radius 2 is 2.21 bits per heavy atom. The van der Waals surface area contributed by atoms with Gasteiger partial charge in [0.1, 0.15) is 0 Å². The molecule has 0 aromatic heterocycles. The molecular formula is C11H17ClN2. The number of hydrogen-bond acceptors (Lipinski definition) is 2. The first-order valence-corrected chi connectivity index (χ1v) is 5.28. The predicted octanol–water partition coefficient (Wildman–Crippen LogP) is 2.70. The van der Waals surface area contributed by atoms with Crippen molar-refractivity contribution in [2.75, 3.05) is 32.0 Å². The number of hydrogen-bond donors (Lipinski definition) is 1. The average molecular weight is 213 g/mol. The summed E-state index contributed by atoms with van der Waals surface area (Å²) in [5.74, 6) is 0. The van der Waals surface area contributed by atoms with E-state index in [0.29, 0.717) is 0 Å². The van der Waals surface area contributed by atoms with E-state index in [1.54, 1.807) is 0 Å². The Hall–Kier alpha value is -0.730. The van der Waals surface area contributed by atoms with Gasteiger partial charge in [-0.2, -0.15) is 0 Å². The Morgan fingerprint density at radius 3 is 2.86 bits per heavy atom. The summed E-state index contributed by atoms with van der Waals surface area (Å²) >= 11 is 5.86. The smallest absolute Gasteiger partial charge is 0.0426 e. The number of halogens is 1. The molecule has 1 aromatic rings. The van der Waals surface area contributed by atoms with E-state index in [1.165, 1.54) is 0 Å². The van der Waals surface area contributed by atoms with E-state index in [9.17, 15) is 0 Å². The van der Waals surface area contributed by atoms with Crippen molar-refractivity contribution >= 4 is 17.3 Å².